The highest BCUT2D eigenvalue weighted by Gasteiger charge is 2.35. The zero-order valence-corrected chi connectivity index (χ0v) is 11.2. The monoisotopic (exact) mass is 280 g/mol. The number of aliphatic hydroxyl groups excluding tert-OH is 1. The van der Waals surface area contributed by atoms with Crippen LogP contribution in [0.4, 0.5) is 5.82 Å². The molecule has 3 atom stereocenters. The van der Waals surface area contributed by atoms with Gasteiger partial charge in [0.2, 0.25) is 0 Å². The van der Waals surface area contributed by atoms with Gasteiger partial charge in [0.25, 0.3) is 0 Å². The fourth-order valence-electron chi connectivity index (χ4n) is 2.26. The van der Waals surface area contributed by atoms with Gasteiger partial charge in [0.05, 0.1) is 18.8 Å². The number of rotatable bonds is 4. The summed E-state index contributed by atoms with van der Waals surface area (Å²) >= 11 is 0. The van der Waals surface area contributed by atoms with Crippen molar-refractivity contribution < 1.29 is 9.84 Å². The maximum atomic E-state index is 12.0. The molecule has 1 aromatic rings. The van der Waals surface area contributed by atoms with Gasteiger partial charge in [-0.2, -0.15) is 4.98 Å². The second kappa shape index (κ2) is 5.91. The second-order valence-electron chi connectivity index (χ2n) is 4.53. The van der Waals surface area contributed by atoms with Gasteiger partial charge in [-0.25, -0.2) is 4.79 Å². The Morgan fingerprint density at radius 1 is 1.75 bits per heavy atom. The summed E-state index contributed by atoms with van der Waals surface area (Å²) in [6.07, 6.45) is 0.771. The zero-order valence-electron chi connectivity index (χ0n) is 11.2. The summed E-state index contributed by atoms with van der Waals surface area (Å²) < 4.78 is 6.91. The first kappa shape index (κ1) is 14.3. The van der Waals surface area contributed by atoms with E-state index >= 15 is 0 Å². The molecule has 2 rings (SSSR count). The highest BCUT2D eigenvalue weighted by molar-refractivity contribution is 5.40. The number of anilines is 1. The van der Waals surface area contributed by atoms with Gasteiger partial charge in [-0.1, -0.05) is 5.11 Å². The number of ether oxygens (including phenoxy) is 1. The summed E-state index contributed by atoms with van der Waals surface area (Å²) in [5.74, 6) is 0.509. The van der Waals surface area contributed by atoms with Crippen LogP contribution in [0.2, 0.25) is 0 Å². The van der Waals surface area contributed by atoms with Crippen LogP contribution in [0.15, 0.2) is 16.1 Å². The first-order valence-corrected chi connectivity index (χ1v) is 6.18. The van der Waals surface area contributed by atoms with Crippen molar-refractivity contribution in [1.82, 2.24) is 9.55 Å². The number of azide groups is 1. The molecule has 0 amide bonds. The summed E-state index contributed by atoms with van der Waals surface area (Å²) in [6.45, 7) is 1.55. The van der Waals surface area contributed by atoms with E-state index < -0.39 is 24.1 Å². The average Bonchev–Trinajstić information content (AvgIpc) is 2.84. The van der Waals surface area contributed by atoms with Crippen LogP contribution in [0.5, 0.6) is 0 Å². The molecule has 0 aromatic carbocycles. The number of aryl methyl sites for hydroxylation is 1. The number of hydrogen-bond acceptors (Lipinski definition) is 6. The molecule has 0 radical (unpaired) electrons. The predicted molar refractivity (Wildman–Crippen MR) is 71.3 cm³/mol. The van der Waals surface area contributed by atoms with Crippen LogP contribution in [-0.2, 0) is 4.74 Å². The van der Waals surface area contributed by atoms with Crippen LogP contribution in [-0.4, -0.2) is 40.5 Å². The minimum Gasteiger partial charge on any atom is -0.394 e. The lowest BCUT2D eigenvalue weighted by Gasteiger charge is -2.16. The Kier molecular flexibility index (Phi) is 4.23. The maximum absolute atomic E-state index is 12.0. The van der Waals surface area contributed by atoms with E-state index in [2.05, 4.69) is 20.3 Å². The van der Waals surface area contributed by atoms with Crippen LogP contribution in [0.3, 0.4) is 0 Å². The Morgan fingerprint density at radius 3 is 3.10 bits per heavy atom. The molecule has 1 aliphatic rings. The third-order valence-corrected chi connectivity index (χ3v) is 3.27. The maximum Gasteiger partial charge on any atom is 0.351 e. The van der Waals surface area contributed by atoms with Gasteiger partial charge in [-0.15, -0.1) is 0 Å². The molecule has 1 aliphatic heterocycles. The van der Waals surface area contributed by atoms with Crippen molar-refractivity contribution in [3.8, 4) is 0 Å². The Bertz CT molecular complexity index is 594. The van der Waals surface area contributed by atoms with E-state index in [4.69, 9.17) is 10.3 Å². The minimum absolute atomic E-state index is 0.268. The predicted octanol–water partition coefficient (Wildman–Crippen LogP) is 0.552. The quantitative estimate of drug-likeness (QED) is 0.473. The molecule has 9 nitrogen and oxygen atoms in total. The van der Waals surface area contributed by atoms with E-state index in [0.717, 1.165) is 5.56 Å². The van der Waals surface area contributed by atoms with Gasteiger partial charge in [-0.05, 0) is 12.5 Å². The topological polar surface area (TPSA) is 125 Å². The largest absolute Gasteiger partial charge is 0.394 e. The van der Waals surface area contributed by atoms with Crippen LogP contribution >= 0.6 is 0 Å². The smallest absolute Gasteiger partial charge is 0.351 e. The van der Waals surface area contributed by atoms with Crippen LogP contribution in [0.1, 0.15) is 18.2 Å². The number of nitrogens with zero attached hydrogens (tertiary/aromatic N) is 5. The summed E-state index contributed by atoms with van der Waals surface area (Å²) in [5.41, 5.74) is 8.84. The van der Waals surface area contributed by atoms with Gasteiger partial charge in [0, 0.05) is 30.1 Å². The third kappa shape index (κ3) is 2.60. The highest BCUT2D eigenvalue weighted by Crippen LogP contribution is 2.30. The molecular formula is C11H16N6O3. The van der Waals surface area contributed by atoms with Crippen molar-refractivity contribution in [2.24, 2.45) is 5.11 Å². The molecule has 1 fully saturated rings. The lowest BCUT2D eigenvalue weighted by atomic mass is 10.1. The first-order chi connectivity index (χ1) is 9.60. The summed E-state index contributed by atoms with van der Waals surface area (Å²) in [5, 5.41) is 15.6. The number of aliphatic hydroxyl groups is 1. The van der Waals surface area contributed by atoms with Crippen molar-refractivity contribution in [2.45, 2.75) is 31.7 Å². The Hall–Kier alpha value is -2.09. The van der Waals surface area contributed by atoms with Crippen LogP contribution in [0, 0.1) is 6.92 Å². The van der Waals surface area contributed by atoms with Gasteiger partial charge < -0.3 is 15.2 Å². The first-order valence-electron chi connectivity index (χ1n) is 6.18. The van der Waals surface area contributed by atoms with Gasteiger partial charge in [0.1, 0.15) is 12.0 Å². The lowest BCUT2D eigenvalue weighted by Crippen LogP contribution is -2.28. The van der Waals surface area contributed by atoms with Gasteiger partial charge in [0.15, 0.2) is 0 Å². The van der Waals surface area contributed by atoms with Gasteiger partial charge in [-0.3, -0.25) is 4.57 Å². The zero-order chi connectivity index (χ0) is 14.7. The second-order valence-corrected chi connectivity index (χ2v) is 4.53. The van der Waals surface area contributed by atoms with E-state index in [1.165, 1.54) is 4.57 Å². The molecule has 0 aliphatic carbocycles. The summed E-state index contributed by atoms with van der Waals surface area (Å²) in [6, 6.07) is -0.494. The van der Waals surface area contributed by atoms with Crippen molar-refractivity contribution in [3.05, 3.63) is 32.7 Å². The number of aromatic nitrogens is 2. The lowest BCUT2D eigenvalue weighted by molar-refractivity contribution is -0.0270. The molecule has 2 N–H and O–H groups in total. The Labute approximate surface area is 114 Å². The normalized spacial score (nSPS) is 25.2. The molecular weight excluding hydrogens is 264 g/mol. The summed E-state index contributed by atoms with van der Waals surface area (Å²) in [7, 11) is 1.69. The molecule has 0 bridgehead atoms. The van der Waals surface area contributed by atoms with E-state index in [0.29, 0.717) is 12.2 Å². The molecule has 1 saturated heterocycles. The van der Waals surface area contributed by atoms with Gasteiger partial charge >= 0.3 is 5.69 Å². The van der Waals surface area contributed by atoms with E-state index in [9.17, 15) is 9.90 Å². The molecule has 2 heterocycles. The molecule has 1 aromatic heterocycles. The molecule has 0 spiro atoms. The van der Waals surface area contributed by atoms with Crippen molar-refractivity contribution in [3.63, 3.8) is 0 Å². The van der Waals surface area contributed by atoms with E-state index in [-0.39, 0.29) is 6.61 Å². The van der Waals surface area contributed by atoms with Crippen molar-refractivity contribution in [1.29, 1.82) is 0 Å². The third-order valence-electron chi connectivity index (χ3n) is 3.27. The standard InChI is InChI=1S/C11H16N6O3/c1-6-4-17(11(19)14-10(6)13-2)9-3-7(15-16-12)8(5-18)20-9/h4,7-9,18H,3,5H2,1-2H3,(H,13,14,19). The van der Waals surface area contributed by atoms with E-state index in [1.54, 1.807) is 13.2 Å². The molecule has 20 heavy (non-hydrogen) atoms. The SMILES string of the molecule is CNc1nc(=O)n(C2CC(N=[N+]=[N-])C(CO)O2)cc1C. The molecule has 3 unspecified atom stereocenters. The molecule has 108 valence electrons. The minimum atomic E-state index is -0.605. The van der Waals surface area contributed by atoms with Crippen LogP contribution in [0.25, 0.3) is 10.4 Å². The average molecular weight is 280 g/mol. The fourth-order valence-corrected chi connectivity index (χ4v) is 2.26. The molecule has 0 saturated carbocycles. The number of hydrogen-bond donors (Lipinski definition) is 2. The Balaban J connectivity index is 2.31. The van der Waals surface area contributed by atoms with Crippen LogP contribution < -0.4 is 11.0 Å². The fraction of sp³-hybridized carbons (Fsp3) is 0.636. The highest BCUT2D eigenvalue weighted by atomic mass is 16.5. The van der Waals surface area contributed by atoms with Crippen molar-refractivity contribution >= 4 is 5.82 Å². The summed E-state index contributed by atoms with van der Waals surface area (Å²) in [4.78, 5) is 18.6. The van der Waals surface area contributed by atoms with Crippen molar-refractivity contribution in [2.75, 3.05) is 19.0 Å². The Morgan fingerprint density at radius 2 is 2.50 bits per heavy atom. The van der Waals surface area contributed by atoms with E-state index in [1.807, 2.05) is 6.92 Å². The number of nitrogens with one attached hydrogen (secondary N) is 1. The molecule has 9 heteroatoms.